The molecule has 1 aliphatic rings. The highest BCUT2D eigenvalue weighted by atomic mass is 16.2. The number of hydrogen-bond acceptors (Lipinski definition) is 3. The number of imidazole rings is 1. The molecule has 1 unspecified atom stereocenters. The molecule has 0 bridgehead atoms. The summed E-state index contributed by atoms with van der Waals surface area (Å²) < 4.78 is 1.95. The molecule has 1 N–H and O–H groups in total. The monoisotopic (exact) mass is 342 g/mol. The smallest absolute Gasteiger partial charge is 0.224 e. The lowest BCUT2D eigenvalue weighted by Gasteiger charge is -2.26. The largest absolute Gasteiger partial charge is 0.351 e. The van der Waals surface area contributed by atoms with E-state index in [4.69, 9.17) is 0 Å². The first-order chi connectivity index (χ1) is 11.8. The minimum atomic E-state index is -0.0802. The van der Waals surface area contributed by atoms with E-state index in [1.165, 1.54) is 0 Å². The normalized spacial score (nSPS) is 18.1. The molecule has 1 atom stereocenters. The van der Waals surface area contributed by atoms with Crippen molar-refractivity contribution in [2.75, 3.05) is 13.1 Å². The number of amides is 2. The number of likely N-dealkylation sites (tertiary alicyclic amines) is 1. The van der Waals surface area contributed by atoms with Gasteiger partial charge in [-0.2, -0.15) is 0 Å². The Morgan fingerprint density at radius 3 is 2.88 bits per heavy atom. The van der Waals surface area contributed by atoms with Gasteiger partial charge in [0.05, 0.1) is 11.7 Å². The zero-order chi connectivity index (χ0) is 18.0. The molecule has 6 nitrogen and oxygen atoms in total. The Kier molecular flexibility index (Phi) is 4.79. The Labute approximate surface area is 148 Å². The van der Waals surface area contributed by atoms with Crippen LogP contribution in [0.1, 0.15) is 39.3 Å². The van der Waals surface area contributed by atoms with Crippen molar-refractivity contribution >= 4 is 17.5 Å². The molecule has 3 rings (SSSR count). The molecule has 2 amide bonds. The summed E-state index contributed by atoms with van der Waals surface area (Å²) in [5.74, 6) is 0.105. The first-order valence-corrected chi connectivity index (χ1v) is 8.80. The van der Waals surface area contributed by atoms with E-state index in [9.17, 15) is 9.59 Å². The van der Waals surface area contributed by atoms with E-state index >= 15 is 0 Å². The molecule has 6 heteroatoms. The van der Waals surface area contributed by atoms with Crippen LogP contribution in [0.2, 0.25) is 0 Å². The standard InChI is InChI=1S/C19H26N4O2/c1-19(2,3)13-23-12-15(10-18(23)25)21-17(24)8-7-14-11-22-9-5-4-6-16(22)20-14/h4-6,9,11,15H,7-8,10,12-13H2,1-3H3,(H,21,24). The fraction of sp³-hybridized carbons (Fsp3) is 0.526. The highest BCUT2D eigenvalue weighted by molar-refractivity contribution is 5.82. The average molecular weight is 342 g/mol. The highest BCUT2D eigenvalue weighted by Crippen LogP contribution is 2.20. The maximum absolute atomic E-state index is 12.2. The fourth-order valence-electron chi connectivity index (χ4n) is 3.24. The van der Waals surface area contributed by atoms with E-state index in [2.05, 4.69) is 31.1 Å². The van der Waals surface area contributed by atoms with Gasteiger partial charge in [-0.1, -0.05) is 26.8 Å². The summed E-state index contributed by atoms with van der Waals surface area (Å²) in [7, 11) is 0. The van der Waals surface area contributed by atoms with Crippen molar-refractivity contribution in [3.8, 4) is 0 Å². The van der Waals surface area contributed by atoms with E-state index < -0.39 is 0 Å². The zero-order valence-electron chi connectivity index (χ0n) is 15.2. The summed E-state index contributed by atoms with van der Waals surface area (Å²) in [4.78, 5) is 30.7. The molecule has 25 heavy (non-hydrogen) atoms. The predicted molar refractivity (Wildman–Crippen MR) is 96.1 cm³/mol. The average Bonchev–Trinajstić information content (AvgIpc) is 3.07. The van der Waals surface area contributed by atoms with Crippen molar-refractivity contribution in [3.63, 3.8) is 0 Å². The highest BCUT2D eigenvalue weighted by Gasteiger charge is 2.32. The van der Waals surface area contributed by atoms with Gasteiger partial charge < -0.3 is 14.6 Å². The van der Waals surface area contributed by atoms with E-state index in [1.54, 1.807) is 0 Å². The summed E-state index contributed by atoms with van der Waals surface area (Å²) in [5.41, 5.74) is 1.85. The number of fused-ring (bicyclic) bond motifs is 1. The van der Waals surface area contributed by atoms with Crippen LogP contribution in [0.4, 0.5) is 0 Å². The van der Waals surface area contributed by atoms with Crippen LogP contribution in [0, 0.1) is 5.41 Å². The Morgan fingerprint density at radius 2 is 2.16 bits per heavy atom. The Morgan fingerprint density at radius 1 is 1.36 bits per heavy atom. The number of pyridine rings is 1. The lowest BCUT2D eigenvalue weighted by Crippen LogP contribution is -2.39. The number of carbonyl (C=O) groups excluding carboxylic acids is 2. The van der Waals surface area contributed by atoms with Gasteiger partial charge in [-0.05, 0) is 24.0 Å². The van der Waals surface area contributed by atoms with Crippen molar-refractivity contribution in [2.24, 2.45) is 5.41 Å². The van der Waals surface area contributed by atoms with Crippen LogP contribution in [-0.2, 0) is 16.0 Å². The summed E-state index contributed by atoms with van der Waals surface area (Å²) in [6.07, 6.45) is 5.27. The first-order valence-electron chi connectivity index (χ1n) is 8.80. The second-order valence-corrected chi connectivity index (χ2v) is 8.00. The second-order valence-electron chi connectivity index (χ2n) is 8.00. The molecule has 0 radical (unpaired) electrons. The van der Waals surface area contributed by atoms with Crippen molar-refractivity contribution in [1.29, 1.82) is 0 Å². The zero-order valence-corrected chi connectivity index (χ0v) is 15.2. The van der Waals surface area contributed by atoms with Gasteiger partial charge in [-0.25, -0.2) is 4.98 Å². The topological polar surface area (TPSA) is 66.7 Å². The van der Waals surface area contributed by atoms with Gasteiger partial charge in [-0.15, -0.1) is 0 Å². The molecule has 0 aromatic carbocycles. The third-order valence-corrected chi connectivity index (χ3v) is 4.27. The molecule has 1 fully saturated rings. The van der Waals surface area contributed by atoms with Gasteiger partial charge in [0.1, 0.15) is 5.65 Å². The van der Waals surface area contributed by atoms with Crippen LogP contribution in [-0.4, -0.2) is 45.2 Å². The van der Waals surface area contributed by atoms with Crippen LogP contribution >= 0.6 is 0 Å². The summed E-state index contributed by atoms with van der Waals surface area (Å²) in [6, 6.07) is 5.76. The Balaban J connectivity index is 1.49. The van der Waals surface area contributed by atoms with Gasteiger partial charge in [0.15, 0.2) is 0 Å². The second kappa shape index (κ2) is 6.86. The number of aromatic nitrogens is 2. The Bertz CT molecular complexity index is 742. The van der Waals surface area contributed by atoms with Gasteiger partial charge >= 0.3 is 0 Å². The molecule has 1 saturated heterocycles. The van der Waals surface area contributed by atoms with Crippen molar-refractivity contribution < 1.29 is 9.59 Å². The van der Waals surface area contributed by atoms with Crippen molar-refractivity contribution in [3.05, 3.63) is 36.3 Å². The Hall–Kier alpha value is -2.37. The lowest BCUT2D eigenvalue weighted by molar-refractivity contribution is -0.128. The summed E-state index contributed by atoms with van der Waals surface area (Å²) in [5, 5.41) is 2.99. The van der Waals surface area contributed by atoms with Crippen LogP contribution in [0.5, 0.6) is 0 Å². The first kappa shape index (κ1) is 17.5. The lowest BCUT2D eigenvalue weighted by atomic mass is 9.96. The van der Waals surface area contributed by atoms with E-state index in [1.807, 2.05) is 39.9 Å². The van der Waals surface area contributed by atoms with Gasteiger partial charge in [-0.3, -0.25) is 9.59 Å². The number of rotatable bonds is 5. The quantitative estimate of drug-likeness (QED) is 0.904. The predicted octanol–water partition coefficient (Wildman–Crippen LogP) is 2.03. The molecular weight excluding hydrogens is 316 g/mol. The van der Waals surface area contributed by atoms with E-state index in [0.29, 0.717) is 25.8 Å². The molecule has 0 aliphatic carbocycles. The number of hydrogen-bond donors (Lipinski definition) is 1. The van der Waals surface area contributed by atoms with E-state index in [0.717, 1.165) is 17.9 Å². The molecule has 0 spiro atoms. The summed E-state index contributed by atoms with van der Waals surface area (Å²) >= 11 is 0. The molecule has 1 aliphatic heterocycles. The summed E-state index contributed by atoms with van der Waals surface area (Å²) in [6.45, 7) is 7.67. The van der Waals surface area contributed by atoms with Crippen molar-refractivity contribution in [2.45, 2.75) is 46.1 Å². The molecule has 0 saturated carbocycles. The van der Waals surface area contributed by atoms with Crippen molar-refractivity contribution in [1.82, 2.24) is 19.6 Å². The fourth-order valence-corrected chi connectivity index (χ4v) is 3.24. The number of nitrogens with one attached hydrogen (secondary N) is 1. The van der Waals surface area contributed by atoms with Gasteiger partial charge in [0, 0.05) is 38.3 Å². The minimum absolute atomic E-state index is 0.0209. The molecular formula is C19H26N4O2. The molecule has 134 valence electrons. The number of nitrogens with zero attached hydrogens (tertiary/aromatic N) is 3. The van der Waals surface area contributed by atoms with Gasteiger partial charge in [0.25, 0.3) is 0 Å². The maximum Gasteiger partial charge on any atom is 0.224 e. The minimum Gasteiger partial charge on any atom is -0.351 e. The van der Waals surface area contributed by atoms with E-state index in [-0.39, 0.29) is 23.3 Å². The third-order valence-electron chi connectivity index (χ3n) is 4.27. The molecule has 3 heterocycles. The third kappa shape index (κ3) is 4.59. The van der Waals surface area contributed by atoms with Crippen LogP contribution < -0.4 is 5.32 Å². The van der Waals surface area contributed by atoms with Crippen LogP contribution in [0.15, 0.2) is 30.6 Å². The maximum atomic E-state index is 12.2. The molecule has 2 aromatic rings. The number of carbonyl (C=O) groups is 2. The molecule has 2 aromatic heterocycles. The number of aryl methyl sites for hydroxylation is 1. The van der Waals surface area contributed by atoms with Gasteiger partial charge in [0.2, 0.25) is 11.8 Å². The SMILES string of the molecule is CC(C)(C)CN1CC(NC(=O)CCc2cn3ccccc3n2)CC1=O. The van der Waals surface area contributed by atoms with Crippen LogP contribution in [0.25, 0.3) is 5.65 Å². The van der Waals surface area contributed by atoms with Crippen LogP contribution in [0.3, 0.4) is 0 Å².